The molecule has 3 aromatic rings. The molecule has 4 rings (SSSR count). The minimum absolute atomic E-state index is 0.0275. The Morgan fingerprint density at radius 3 is 2.41 bits per heavy atom. The van der Waals surface area contributed by atoms with Crippen LogP contribution >= 0.6 is 11.6 Å². The Kier molecular flexibility index (Phi) is 7.17. The highest BCUT2D eigenvalue weighted by Crippen LogP contribution is 2.25. The van der Waals surface area contributed by atoms with Gasteiger partial charge in [0.1, 0.15) is 18.1 Å². The van der Waals surface area contributed by atoms with Crippen molar-refractivity contribution in [2.24, 2.45) is 0 Å². The van der Waals surface area contributed by atoms with Crippen molar-refractivity contribution in [2.75, 3.05) is 37.7 Å². The van der Waals surface area contributed by atoms with Crippen LogP contribution in [0.5, 0.6) is 11.5 Å². The Morgan fingerprint density at radius 1 is 0.906 bits per heavy atom. The monoisotopic (exact) mass is 450 g/mol. The zero-order chi connectivity index (χ0) is 22.3. The molecule has 0 saturated carbocycles. The van der Waals surface area contributed by atoms with Crippen molar-refractivity contribution in [3.8, 4) is 11.5 Å². The molecule has 1 heterocycles. The van der Waals surface area contributed by atoms with Gasteiger partial charge in [-0.1, -0.05) is 35.9 Å². The zero-order valence-corrected chi connectivity index (χ0v) is 18.9. The molecule has 5 nitrogen and oxygen atoms in total. The van der Waals surface area contributed by atoms with E-state index in [2.05, 4.69) is 11.0 Å². The molecule has 32 heavy (non-hydrogen) atoms. The molecule has 3 aromatic carbocycles. The van der Waals surface area contributed by atoms with Gasteiger partial charge in [-0.05, 0) is 55.5 Å². The van der Waals surface area contributed by atoms with Crippen LogP contribution in [-0.2, 0) is 6.61 Å². The number of piperazine rings is 1. The van der Waals surface area contributed by atoms with Crippen LogP contribution < -0.4 is 14.4 Å². The van der Waals surface area contributed by atoms with Crippen LogP contribution in [0.1, 0.15) is 22.8 Å². The molecule has 0 aliphatic carbocycles. The molecule has 0 atom stereocenters. The number of ether oxygens (including phenoxy) is 2. The number of nitrogens with zero attached hydrogens (tertiary/aromatic N) is 2. The first kappa shape index (κ1) is 22.0. The zero-order valence-electron chi connectivity index (χ0n) is 18.2. The summed E-state index contributed by atoms with van der Waals surface area (Å²) in [4.78, 5) is 17.4. The first-order valence-electron chi connectivity index (χ1n) is 10.9. The Labute approximate surface area is 194 Å². The van der Waals surface area contributed by atoms with E-state index in [-0.39, 0.29) is 5.91 Å². The maximum absolute atomic E-state index is 13.2. The summed E-state index contributed by atoms with van der Waals surface area (Å²) in [5.74, 6) is 1.55. The lowest BCUT2D eigenvalue weighted by Gasteiger charge is -2.36. The molecular formula is C26H27ClN2O3. The average Bonchev–Trinajstić information content (AvgIpc) is 2.84. The molecule has 1 aliphatic rings. The molecule has 166 valence electrons. The van der Waals surface area contributed by atoms with Crippen LogP contribution in [0.4, 0.5) is 5.69 Å². The molecule has 0 spiro atoms. The standard InChI is InChI=1S/C26H27ClN2O3/c1-2-31-25-12-11-20(17-21(25)19-32-24-9-4-3-5-10-24)26(30)29-15-13-28(14-16-29)23-8-6-7-22(27)18-23/h3-12,17-18H,2,13-16,19H2,1H3. The second-order valence-corrected chi connectivity index (χ2v) is 8.05. The van der Waals surface area contributed by atoms with E-state index < -0.39 is 0 Å². The van der Waals surface area contributed by atoms with Crippen LogP contribution in [0.2, 0.25) is 5.02 Å². The van der Waals surface area contributed by atoms with Crippen LogP contribution in [0.25, 0.3) is 0 Å². The largest absolute Gasteiger partial charge is 0.493 e. The van der Waals surface area contributed by atoms with Gasteiger partial charge in [-0.2, -0.15) is 0 Å². The lowest BCUT2D eigenvalue weighted by atomic mass is 10.1. The lowest BCUT2D eigenvalue weighted by molar-refractivity contribution is 0.0746. The summed E-state index contributed by atoms with van der Waals surface area (Å²) in [6.07, 6.45) is 0. The van der Waals surface area contributed by atoms with E-state index in [0.717, 1.165) is 40.9 Å². The number of para-hydroxylation sites is 1. The van der Waals surface area contributed by atoms with E-state index in [1.165, 1.54) is 0 Å². The molecule has 0 N–H and O–H groups in total. The molecule has 1 saturated heterocycles. The molecule has 1 aliphatic heterocycles. The number of benzene rings is 3. The number of anilines is 1. The van der Waals surface area contributed by atoms with Crippen molar-refractivity contribution in [3.63, 3.8) is 0 Å². The fourth-order valence-electron chi connectivity index (χ4n) is 3.82. The summed E-state index contributed by atoms with van der Waals surface area (Å²) < 4.78 is 11.7. The highest BCUT2D eigenvalue weighted by atomic mass is 35.5. The third kappa shape index (κ3) is 5.35. The van der Waals surface area contributed by atoms with Crippen LogP contribution in [0.3, 0.4) is 0 Å². The summed E-state index contributed by atoms with van der Waals surface area (Å²) in [7, 11) is 0. The third-order valence-corrected chi connectivity index (χ3v) is 5.72. The van der Waals surface area contributed by atoms with E-state index >= 15 is 0 Å². The van der Waals surface area contributed by atoms with E-state index in [1.54, 1.807) is 0 Å². The number of rotatable bonds is 7. The number of halogens is 1. The van der Waals surface area contributed by atoms with Gasteiger partial charge in [-0.25, -0.2) is 0 Å². The van der Waals surface area contributed by atoms with Crippen molar-refractivity contribution in [3.05, 3.63) is 88.9 Å². The van der Waals surface area contributed by atoms with Crippen LogP contribution in [-0.4, -0.2) is 43.6 Å². The summed E-state index contributed by atoms with van der Waals surface area (Å²) in [6, 6.07) is 23.1. The Bertz CT molecular complexity index is 1050. The molecule has 6 heteroatoms. The highest BCUT2D eigenvalue weighted by molar-refractivity contribution is 6.30. The summed E-state index contributed by atoms with van der Waals surface area (Å²) >= 11 is 6.13. The van der Waals surface area contributed by atoms with E-state index in [4.69, 9.17) is 21.1 Å². The van der Waals surface area contributed by atoms with Gasteiger partial charge in [0.2, 0.25) is 0 Å². The fraction of sp³-hybridized carbons (Fsp3) is 0.269. The first-order valence-corrected chi connectivity index (χ1v) is 11.2. The Balaban J connectivity index is 1.44. The van der Waals surface area contributed by atoms with E-state index in [0.29, 0.717) is 31.9 Å². The highest BCUT2D eigenvalue weighted by Gasteiger charge is 2.23. The first-order chi connectivity index (χ1) is 15.6. The number of amides is 1. The summed E-state index contributed by atoms with van der Waals surface area (Å²) in [5, 5.41) is 0.723. The van der Waals surface area contributed by atoms with Gasteiger partial charge in [0.05, 0.1) is 6.61 Å². The molecule has 1 amide bonds. The average molecular weight is 451 g/mol. The second-order valence-electron chi connectivity index (χ2n) is 7.62. The molecular weight excluding hydrogens is 424 g/mol. The SMILES string of the molecule is CCOc1ccc(C(=O)N2CCN(c3cccc(Cl)c3)CC2)cc1COc1ccccc1. The van der Waals surface area contributed by atoms with Gasteiger partial charge in [0, 0.05) is 48.0 Å². The minimum Gasteiger partial charge on any atom is -0.493 e. The van der Waals surface area contributed by atoms with Gasteiger partial charge < -0.3 is 19.3 Å². The normalized spacial score (nSPS) is 13.7. The van der Waals surface area contributed by atoms with Crippen LogP contribution in [0.15, 0.2) is 72.8 Å². The van der Waals surface area contributed by atoms with Gasteiger partial charge in [0.25, 0.3) is 5.91 Å². The quantitative estimate of drug-likeness (QED) is 0.491. The van der Waals surface area contributed by atoms with Crippen molar-refractivity contribution >= 4 is 23.2 Å². The lowest BCUT2D eigenvalue weighted by Crippen LogP contribution is -2.48. The summed E-state index contributed by atoms with van der Waals surface area (Å²) in [6.45, 7) is 5.70. The van der Waals surface area contributed by atoms with Crippen molar-refractivity contribution < 1.29 is 14.3 Å². The van der Waals surface area contributed by atoms with Gasteiger partial charge in [-0.3, -0.25) is 4.79 Å². The summed E-state index contributed by atoms with van der Waals surface area (Å²) in [5.41, 5.74) is 2.60. The van der Waals surface area contributed by atoms with Crippen molar-refractivity contribution in [1.29, 1.82) is 0 Å². The predicted octanol–water partition coefficient (Wildman–Crippen LogP) is 5.28. The fourth-order valence-corrected chi connectivity index (χ4v) is 4.01. The van der Waals surface area contributed by atoms with Crippen molar-refractivity contribution in [1.82, 2.24) is 4.90 Å². The minimum atomic E-state index is 0.0275. The molecule has 0 radical (unpaired) electrons. The maximum Gasteiger partial charge on any atom is 0.253 e. The van der Waals surface area contributed by atoms with E-state index in [9.17, 15) is 4.79 Å². The van der Waals surface area contributed by atoms with Gasteiger partial charge in [0.15, 0.2) is 0 Å². The molecule has 1 fully saturated rings. The van der Waals surface area contributed by atoms with Crippen molar-refractivity contribution in [2.45, 2.75) is 13.5 Å². The maximum atomic E-state index is 13.2. The van der Waals surface area contributed by atoms with Gasteiger partial charge in [-0.15, -0.1) is 0 Å². The number of carbonyl (C=O) groups is 1. The topological polar surface area (TPSA) is 42.0 Å². The molecule has 0 unspecified atom stereocenters. The number of hydrogen-bond donors (Lipinski definition) is 0. The van der Waals surface area contributed by atoms with Crippen LogP contribution in [0, 0.1) is 0 Å². The predicted molar refractivity (Wildman–Crippen MR) is 128 cm³/mol. The number of carbonyl (C=O) groups excluding carboxylic acids is 1. The van der Waals surface area contributed by atoms with E-state index in [1.807, 2.05) is 78.6 Å². The Morgan fingerprint density at radius 2 is 1.69 bits per heavy atom. The van der Waals surface area contributed by atoms with Gasteiger partial charge >= 0.3 is 0 Å². The smallest absolute Gasteiger partial charge is 0.253 e. The number of hydrogen-bond acceptors (Lipinski definition) is 4. The third-order valence-electron chi connectivity index (χ3n) is 5.49. The molecule has 0 aromatic heterocycles. The molecule has 0 bridgehead atoms. The second kappa shape index (κ2) is 10.4. The Hall–Kier alpha value is -3.18.